The first kappa shape index (κ1) is 16.7. The van der Waals surface area contributed by atoms with E-state index in [4.69, 9.17) is 10.8 Å². The van der Waals surface area contributed by atoms with Crippen LogP contribution in [0.1, 0.15) is 42.7 Å². The number of nitrogens with two attached hydrogens (primary N) is 1. The second kappa shape index (κ2) is 7.59. The number of anilines is 1. The van der Waals surface area contributed by atoms with E-state index in [-0.39, 0.29) is 12.6 Å². The Hall–Kier alpha value is -1.18. The maximum atomic E-state index is 12.5. The molecule has 3 rings (SSSR count). The highest BCUT2D eigenvalue weighted by Gasteiger charge is 2.26. The summed E-state index contributed by atoms with van der Waals surface area (Å²) in [5.41, 5.74) is 6.79. The molecule has 0 aromatic carbocycles. The van der Waals surface area contributed by atoms with Crippen molar-refractivity contribution in [1.82, 2.24) is 9.88 Å². The van der Waals surface area contributed by atoms with Gasteiger partial charge in [0, 0.05) is 36.9 Å². The van der Waals surface area contributed by atoms with Gasteiger partial charge in [-0.05, 0) is 18.8 Å². The Morgan fingerprint density at radius 1 is 1.48 bits per heavy atom. The van der Waals surface area contributed by atoms with E-state index >= 15 is 0 Å². The van der Waals surface area contributed by atoms with E-state index in [1.807, 2.05) is 4.90 Å². The zero-order valence-corrected chi connectivity index (χ0v) is 14.3. The number of hydrogen-bond acceptors (Lipinski definition) is 6. The topological polar surface area (TPSA) is 91.5 Å². The summed E-state index contributed by atoms with van der Waals surface area (Å²) in [7, 11) is 0. The average molecular weight is 338 g/mol. The molecular weight excluding hydrogens is 312 g/mol. The van der Waals surface area contributed by atoms with Crippen molar-refractivity contribution in [3.8, 4) is 0 Å². The molecule has 1 aromatic rings. The number of carbonyl (C=O) groups excluding carboxylic acids is 1. The fourth-order valence-corrected chi connectivity index (χ4v) is 4.39. The Kier molecular flexibility index (Phi) is 5.50. The molecule has 4 N–H and O–H groups in total. The fraction of sp³-hybridized carbons (Fsp3) is 0.750. The van der Waals surface area contributed by atoms with Crippen molar-refractivity contribution < 1.29 is 9.90 Å². The first-order valence-electron chi connectivity index (χ1n) is 8.52. The lowest BCUT2D eigenvalue weighted by molar-refractivity contribution is -0.133. The molecule has 0 radical (unpaired) electrons. The molecule has 1 aliphatic carbocycles. The van der Waals surface area contributed by atoms with Crippen LogP contribution in [0.5, 0.6) is 0 Å². The molecule has 1 amide bonds. The zero-order valence-electron chi connectivity index (χ0n) is 13.5. The molecule has 7 heteroatoms. The summed E-state index contributed by atoms with van der Waals surface area (Å²) in [4.78, 5) is 20.2. The van der Waals surface area contributed by atoms with Crippen LogP contribution in [-0.4, -0.2) is 46.6 Å². The number of rotatable bonds is 6. The third kappa shape index (κ3) is 4.22. The zero-order chi connectivity index (χ0) is 16.2. The van der Waals surface area contributed by atoms with Crippen molar-refractivity contribution in [2.45, 2.75) is 51.1 Å². The monoisotopic (exact) mass is 338 g/mol. The van der Waals surface area contributed by atoms with Crippen molar-refractivity contribution in [2.24, 2.45) is 11.7 Å². The number of nitrogens with one attached hydrogen (secondary N) is 1. The van der Waals surface area contributed by atoms with Gasteiger partial charge in [0.1, 0.15) is 0 Å². The van der Waals surface area contributed by atoms with E-state index in [2.05, 4.69) is 10.3 Å². The van der Waals surface area contributed by atoms with Crippen molar-refractivity contribution >= 4 is 22.4 Å². The van der Waals surface area contributed by atoms with E-state index in [1.165, 1.54) is 30.6 Å². The minimum absolute atomic E-state index is 0.0401. The molecule has 1 aromatic heterocycles. The van der Waals surface area contributed by atoms with Crippen molar-refractivity contribution in [1.29, 1.82) is 0 Å². The molecule has 0 unspecified atom stereocenters. The van der Waals surface area contributed by atoms with Crippen LogP contribution in [0, 0.1) is 5.92 Å². The number of nitrogens with zero attached hydrogens (tertiary/aromatic N) is 2. The van der Waals surface area contributed by atoms with Crippen molar-refractivity contribution in [3.63, 3.8) is 0 Å². The Morgan fingerprint density at radius 3 is 3.00 bits per heavy atom. The smallest absolute Gasteiger partial charge is 0.223 e. The van der Waals surface area contributed by atoms with Gasteiger partial charge in [-0.2, -0.15) is 0 Å². The van der Waals surface area contributed by atoms with E-state index in [1.54, 1.807) is 11.3 Å². The third-order valence-electron chi connectivity index (χ3n) is 4.77. The Morgan fingerprint density at radius 2 is 2.26 bits per heavy atom. The highest BCUT2D eigenvalue weighted by molar-refractivity contribution is 7.15. The van der Waals surface area contributed by atoms with Crippen LogP contribution in [0.15, 0.2) is 0 Å². The van der Waals surface area contributed by atoms with Crippen LogP contribution in [0.3, 0.4) is 0 Å². The van der Waals surface area contributed by atoms with E-state index in [9.17, 15) is 4.79 Å². The van der Waals surface area contributed by atoms with Gasteiger partial charge in [0.05, 0.1) is 18.8 Å². The summed E-state index contributed by atoms with van der Waals surface area (Å²) >= 11 is 1.60. The Labute approximate surface area is 141 Å². The fourth-order valence-electron chi connectivity index (χ4n) is 3.36. The van der Waals surface area contributed by atoms with E-state index < -0.39 is 0 Å². The molecule has 2 aliphatic rings. The summed E-state index contributed by atoms with van der Waals surface area (Å²) in [6.07, 6.45) is 6.53. The molecule has 1 fully saturated rings. The summed E-state index contributed by atoms with van der Waals surface area (Å²) in [6.45, 7) is 1.93. The largest absolute Gasteiger partial charge is 0.395 e. The van der Waals surface area contributed by atoms with Gasteiger partial charge in [0.15, 0.2) is 5.13 Å². The molecule has 0 bridgehead atoms. The van der Waals surface area contributed by atoms with Crippen LogP contribution in [0.2, 0.25) is 0 Å². The minimum Gasteiger partial charge on any atom is -0.395 e. The first-order valence-corrected chi connectivity index (χ1v) is 9.34. The minimum atomic E-state index is -0.277. The predicted octanol–water partition coefficient (Wildman–Crippen LogP) is 1.34. The van der Waals surface area contributed by atoms with E-state index in [0.29, 0.717) is 31.3 Å². The summed E-state index contributed by atoms with van der Waals surface area (Å²) in [5.74, 6) is 0.898. The lowest BCUT2D eigenvalue weighted by atomic mass is 10.0. The van der Waals surface area contributed by atoms with Crippen LogP contribution in [-0.2, 0) is 17.8 Å². The molecule has 1 atom stereocenters. The number of aromatic nitrogens is 1. The Bertz CT molecular complexity index is 542. The van der Waals surface area contributed by atoms with Gasteiger partial charge >= 0.3 is 0 Å². The number of aliphatic hydroxyl groups excluding tert-OH is 1. The maximum absolute atomic E-state index is 12.5. The molecule has 0 saturated heterocycles. The van der Waals surface area contributed by atoms with Gasteiger partial charge in [0.2, 0.25) is 5.91 Å². The average Bonchev–Trinajstić information content (AvgIpc) is 3.20. The quantitative estimate of drug-likeness (QED) is 0.728. The number of fused-ring (bicyclic) bond motifs is 1. The maximum Gasteiger partial charge on any atom is 0.223 e. The molecule has 23 heavy (non-hydrogen) atoms. The molecule has 0 spiro atoms. The van der Waals surface area contributed by atoms with Gasteiger partial charge in [0.25, 0.3) is 0 Å². The van der Waals surface area contributed by atoms with Gasteiger partial charge in [-0.25, -0.2) is 4.98 Å². The van der Waals surface area contributed by atoms with Crippen LogP contribution in [0.25, 0.3) is 0 Å². The van der Waals surface area contributed by atoms with Gasteiger partial charge < -0.3 is 21.1 Å². The number of thiazole rings is 1. The second-order valence-corrected chi connectivity index (χ2v) is 7.72. The van der Waals surface area contributed by atoms with Crippen molar-refractivity contribution in [3.05, 3.63) is 10.6 Å². The summed E-state index contributed by atoms with van der Waals surface area (Å²) in [6, 6.07) is -0.277. The Balaban J connectivity index is 1.55. The highest BCUT2D eigenvalue weighted by atomic mass is 32.1. The van der Waals surface area contributed by atoms with Gasteiger partial charge in [-0.3, -0.25) is 4.79 Å². The normalized spacial score (nSPS) is 19.7. The van der Waals surface area contributed by atoms with Crippen LogP contribution < -0.4 is 11.1 Å². The molecule has 1 saturated carbocycles. The number of carbonyl (C=O) groups is 1. The lowest BCUT2D eigenvalue weighted by Crippen LogP contribution is -2.36. The number of amides is 1. The third-order valence-corrected chi connectivity index (χ3v) is 5.81. The van der Waals surface area contributed by atoms with Gasteiger partial charge in [-0.1, -0.05) is 24.2 Å². The number of hydrogen-bond donors (Lipinski definition) is 3. The summed E-state index contributed by atoms with van der Waals surface area (Å²) in [5, 5.41) is 13.0. The van der Waals surface area contributed by atoms with Crippen LogP contribution in [0.4, 0.5) is 5.13 Å². The first-order chi connectivity index (χ1) is 11.2. The SMILES string of the molecule is N[C@H](CO)CNc1nc2c(s1)CN(C(=O)CC1CCCC1)CC2. The number of aliphatic hydroxyl groups is 1. The standard InChI is InChI=1S/C16H26N4O2S/c17-12(10-21)8-18-16-19-13-5-6-20(9-14(13)23-16)15(22)7-11-3-1-2-4-11/h11-12,21H,1-10,17H2,(H,18,19)/t12-/m0/s1. The summed E-state index contributed by atoms with van der Waals surface area (Å²) < 4.78 is 0. The molecule has 1 aliphatic heterocycles. The van der Waals surface area contributed by atoms with E-state index in [0.717, 1.165) is 23.8 Å². The van der Waals surface area contributed by atoms with Crippen LogP contribution >= 0.6 is 11.3 Å². The molecule has 128 valence electrons. The van der Waals surface area contributed by atoms with Crippen molar-refractivity contribution in [2.75, 3.05) is 25.0 Å². The molecular formula is C16H26N4O2S. The second-order valence-electron chi connectivity index (χ2n) is 6.63. The molecule has 6 nitrogen and oxygen atoms in total. The highest BCUT2D eigenvalue weighted by Crippen LogP contribution is 2.31. The lowest BCUT2D eigenvalue weighted by Gasteiger charge is -2.27. The molecule has 2 heterocycles. The van der Waals surface area contributed by atoms with Gasteiger partial charge in [-0.15, -0.1) is 0 Å². The predicted molar refractivity (Wildman–Crippen MR) is 91.4 cm³/mol.